The van der Waals surface area contributed by atoms with Crippen molar-refractivity contribution in [3.8, 4) is 0 Å². The van der Waals surface area contributed by atoms with E-state index in [9.17, 15) is 9.59 Å². The molecule has 1 aliphatic rings. The monoisotopic (exact) mass is 270 g/mol. The fourth-order valence-electron chi connectivity index (χ4n) is 2.32. The van der Waals surface area contributed by atoms with E-state index < -0.39 is 5.60 Å². The van der Waals surface area contributed by atoms with Crippen LogP contribution in [0.25, 0.3) is 0 Å². The number of hydrogen-bond acceptors (Lipinski definition) is 3. The van der Waals surface area contributed by atoms with Gasteiger partial charge in [0.05, 0.1) is 0 Å². The van der Waals surface area contributed by atoms with Crippen molar-refractivity contribution in [3.05, 3.63) is 0 Å². The molecule has 1 saturated carbocycles. The average Bonchev–Trinajstić information content (AvgIpc) is 2.26. The Morgan fingerprint density at radius 1 is 1.11 bits per heavy atom. The number of nitrogens with zero attached hydrogens (tertiary/aromatic N) is 1. The Hall–Kier alpha value is -1.26. The third-order valence-electron chi connectivity index (χ3n) is 3.24. The van der Waals surface area contributed by atoms with Gasteiger partial charge in [0.2, 0.25) is 5.91 Å². The van der Waals surface area contributed by atoms with Crippen LogP contribution < -0.4 is 5.32 Å². The van der Waals surface area contributed by atoms with Crippen molar-refractivity contribution in [1.82, 2.24) is 10.2 Å². The summed E-state index contributed by atoms with van der Waals surface area (Å²) < 4.78 is 5.23. The highest BCUT2D eigenvalue weighted by molar-refractivity contribution is 5.78. The summed E-state index contributed by atoms with van der Waals surface area (Å²) in [6.45, 7) is 5.54. The van der Waals surface area contributed by atoms with Crippen LogP contribution in [0.1, 0.15) is 46.5 Å². The topological polar surface area (TPSA) is 58.6 Å². The highest BCUT2D eigenvalue weighted by Gasteiger charge is 2.28. The maximum atomic E-state index is 11.8. The molecular formula is C14H26N2O3. The summed E-state index contributed by atoms with van der Waals surface area (Å²) >= 11 is 0. The zero-order chi connectivity index (χ0) is 14.6. The van der Waals surface area contributed by atoms with Crippen LogP contribution in [-0.4, -0.2) is 42.6 Å². The minimum Gasteiger partial charge on any atom is -0.444 e. The van der Waals surface area contributed by atoms with Crippen molar-refractivity contribution >= 4 is 12.0 Å². The molecule has 1 aliphatic carbocycles. The standard InChI is InChI=1S/C14H26N2O3/c1-14(2,3)19-13(18)15-11-8-6-10(7-9-11)12(17)16(4)5/h10-11H,6-9H2,1-5H3,(H,15,18)/t10-,11-. The number of hydrogen-bond donors (Lipinski definition) is 1. The van der Waals surface area contributed by atoms with Crippen molar-refractivity contribution in [2.45, 2.75) is 58.1 Å². The van der Waals surface area contributed by atoms with Gasteiger partial charge in [-0.15, -0.1) is 0 Å². The van der Waals surface area contributed by atoms with Crippen LogP contribution in [0.5, 0.6) is 0 Å². The molecule has 110 valence electrons. The van der Waals surface area contributed by atoms with Gasteiger partial charge in [-0.1, -0.05) is 0 Å². The van der Waals surface area contributed by atoms with Gasteiger partial charge < -0.3 is 15.0 Å². The number of carbonyl (C=O) groups excluding carboxylic acids is 2. The van der Waals surface area contributed by atoms with E-state index in [4.69, 9.17) is 4.74 Å². The smallest absolute Gasteiger partial charge is 0.407 e. The Balaban J connectivity index is 2.34. The fourth-order valence-corrected chi connectivity index (χ4v) is 2.32. The van der Waals surface area contributed by atoms with Gasteiger partial charge in [-0.3, -0.25) is 4.79 Å². The number of nitrogens with one attached hydrogen (secondary N) is 1. The van der Waals surface area contributed by atoms with Gasteiger partial charge in [-0.25, -0.2) is 4.79 Å². The minimum atomic E-state index is -0.470. The molecule has 0 saturated heterocycles. The number of rotatable bonds is 2. The molecule has 5 nitrogen and oxygen atoms in total. The van der Waals surface area contributed by atoms with E-state index in [0.717, 1.165) is 25.7 Å². The molecule has 0 atom stereocenters. The molecule has 0 unspecified atom stereocenters. The van der Waals surface area contributed by atoms with E-state index in [2.05, 4.69) is 5.32 Å². The lowest BCUT2D eigenvalue weighted by atomic mass is 9.85. The van der Waals surface area contributed by atoms with Crippen molar-refractivity contribution in [1.29, 1.82) is 0 Å². The molecule has 1 rings (SSSR count). The second-order valence-electron chi connectivity index (χ2n) is 6.43. The van der Waals surface area contributed by atoms with Crippen molar-refractivity contribution in [2.24, 2.45) is 5.92 Å². The Labute approximate surface area is 115 Å². The van der Waals surface area contributed by atoms with E-state index in [1.165, 1.54) is 0 Å². The average molecular weight is 270 g/mol. The van der Waals surface area contributed by atoms with E-state index in [-0.39, 0.29) is 24.0 Å². The first kappa shape index (κ1) is 15.8. The van der Waals surface area contributed by atoms with E-state index in [1.54, 1.807) is 19.0 Å². The molecule has 1 fully saturated rings. The van der Waals surface area contributed by atoms with Gasteiger partial charge >= 0.3 is 6.09 Å². The third-order valence-corrected chi connectivity index (χ3v) is 3.24. The first-order valence-electron chi connectivity index (χ1n) is 6.89. The van der Waals surface area contributed by atoms with Crippen molar-refractivity contribution < 1.29 is 14.3 Å². The number of amides is 2. The highest BCUT2D eigenvalue weighted by Crippen LogP contribution is 2.25. The summed E-state index contributed by atoms with van der Waals surface area (Å²) in [4.78, 5) is 25.1. The van der Waals surface area contributed by atoms with Crippen LogP contribution in [-0.2, 0) is 9.53 Å². The van der Waals surface area contributed by atoms with E-state index in [1.807, 2.05) is 20.8 Å². The Morgan fingerprint density at radius 3 is 2.05 bits per heavy atom. The predicted molar refractivity (Wildman–Crippen MR) is 73.8 cm³/mol. The summed E-state index contributed by atoms with van der Waals surface area (Å²) in [5, 5.41) is 2.88. The van der Waals surface area contributed by atoms with Crippen LogP contribution in [0.15, 0.2) is 0 Å². The van der Waals surface area contributed by atoms with Crippen LogP contribution >= 0.6 is 0 Å². The quantitative estimate of drug-likeness (QED) is 0.836. The Bertz CT molecular complexity index is 326. The van der Waals surface area contributed by atoms with Gasteiger partial charge in [0, 0.05) is 26.1 Å². The van der Waals surface area contributed by atoms with Gasteiger partial charge in [-0.2, -0.15) is 0 Å². The lowest BCUT2D eigenvalue weighted by Gasteiger charge is -2.30. The van der Waals surface area contributed by atoms with Crippen LogP contribution in [0.3, 0.4) is 0 Å². The highest BCUT2D eigenvalue weighted by atomic mass is 16.6. The first-order chi connectivity index (χ1) is 8.69. The zero-order valence-corrected chi connectivity index (χ0v) is 12.7. The van der Waals surface area contributed by atoms with E-state index >= 15 is 0 Å². The van der Waals surface area contributed by atoms with Crippen LogP contribution in [0, 0.1) is 5.92 Å². The molecule has 0 aromatic rings. The summed E-state index contributed by atoms with van der Waals surface area (Å²) in [6.07, 6.45) is 2.97. The van der Waals surface area contributed by atoms with Crippen molar-refractivity contribution in [2.75, 3.05) is 14.1 Å². The van der Waals surface area contributed by atoms with Crippen molar-refractivity contribution in [3.63, 3.8) is 0 Å². The summed E-state index contributed by atoms with van der Waals surface area (Å²) in [5.74, 6) is 0.294. The predicted octanol–water partition coefficient (Wildman–Crippen LogP) is 2.16. The normalized spacial score (nSPS) is 23.6. The van der Waals surface area contributed by atoms with Gasteiger partial charge in [-0.05, 0) is 46.5 Å². The maximum absolute atomic E-state index is 11.8. The molecular weight excluding hydrogens is 244 g/mol. The summed E-state index contributed by atoms with van der Waals surface area (Å²) in [5.41, 5.74) is -0.470. The number of alkyl carbamates (subject to hydrolysis) is 1. The Morgan fingerprint density at radius 2 is 1.63 bits per heavy atom. The molecule has 19 heavy (non-hydrogen) atoms. The number of ether oxygens (including phenoxy) is 1. The van der Waals surface area contributed by atoms with Gasteiger partial charge in [0.25, 0.3) is 0 Å². The molecule has 0 spiro atoms. The zero-order valence-electron chi connectivity index (χ0n) is 12.7. The van der Waals surface area contributed by atoms with Gasteiger partial charge in [0.15, 0.2) is 0 Å². The molecule has 0 radical (unpaired) electrons. The third kappa shape index (κ3) is 5.49. The maximum Gasteiger partial charge on any atom is 0.407 e. The molecule has 1 N–H and O–H groups in total. The number of carbonyl (C=O) groups is 2. The molecule has 0 heterocycles. The lowest BCUT2D eigenvalue weighted by Crippen LogP contribution is -2.42. The van der Waals surface area contributed by atoms with Gasteiger partial charge in [0.1, 0.15) is 5.60 Å². The molecule has 0 aromatic carbocycles. The minimum absolute atomic E-state index is 0.103. The largest absolute Gasteiger partial charge is 0.444 e. The van der Waals surface area contributed by atoms with Crippen LogP contribution in [0.4, 0.5) is 4.79 Å². The lowest BCUT2D eigenvalue weighted by molar-refractivity contribution is -0.134. The molecule has 0 aliphatic heterocycles. The molecule has 0 bridgehead atoms. The van der Waals surface area contributed by atoms with E-state index in [0.29, 0.717) is 0 Å². The second kappa shape index (κ2) is 6.26. The molecule has 2 amide bonds. The first-order valence-corrected chi connectivity index (χ1v) is 6.89. The molecule has 5 heteroatoms. The Kier molecular flexibility index (Phi) is 5.20. The summed E-state index contributed by atoms with van der Waals surface area (Å²) in [7, 11) is 3.57. The SMILES string of the molecule is CN(C)C(=O)[C@H]1CC[C@H](NC(=O)OC(C)(C)C)CC1. The summed E-state index contributed by atoms with van der Waals surface area (Å²) in [6, 6.07) is 0.126. The molecule has 0 aromatic heterocycles. The second-order valence-corrected chi connectivity index (χ2v) is 6.43. The fraction of sp³-hybridized carbons (Fsp3) is 0.857. The van der Waals surface area contributed by atoms with Crippen LogP contribution in [0.2, 0.25) is 0 Å².